The van der Waals surface area contributed by atoms with Crippen LogP contribution in [0.2, 0.25) is 0 Å². The number of guanidine groups is 1. The van der Waals surface area contributed by atoms with Gasteiger partial charge in [-0.2, -0.15) is 4.31 Å². The van der Waals surface area contributed by atoms with Crippen LogP contribution in [0.3, 0.4) is 0 Å². The lowest BCUT2D eigenvalue weighted by Crippen LogP contribution is -2.54. The number of ether oxygens (including phenoxy) is 1. The number of piperazine rings is 1. The Balaban J connectivity index is 1.90. The molecule has 1 atom stereocenters. The zero-order chi connectivity index (χ0) is 21.3. The normalized spacial score (nSPS) is 23.0. The maximum atomic E-state index is 12.5. The zero-order valence-electron chi connectivity index (χ0n) is 18.8. The van der Waals surface area contributed by atoms with Crippen molar-refractivity contribution in [1.82, 2.24) is 19.4 Å². The number of sulfonamides is 1. The first-order valence-corrected chi connectivity index (χ1v) is 12.8. The van der Waals surface area contributed by atoms with Crippen molar-refractivity contribution in [2.75, 3.05) is 64.7 Å². The second kappa shape index (κ2) is 12.1. The van der Waals surface area contributed by atoms with Crippen LogP contribution in [0, 0.1) is 0 Å². The Kier molecular flexibility index (Phi) is 10.1. The Morgan fingerprint density at radius 3 is 2.48 bits per heavy atom. The quantitative estimate of drug-likeness (QED) is 0.437. The molecule has 0 aromatic heterocycles. The van der Waals surface area contributed by atoms with Gasteiger partial charge in [-0.1, -0.05) is 13.3 Å². The Bertz CT molecular complexity index is 603. The van der Waals surface area contributed by atoms with E-state index in [1.54, 1.807) is 4.31 Å². The van der Waals surface area contributed by atoms with Crippen molar-refractivity contribution in [2.45, 2.75) is 59.1 Å². The van der Waals surface area contributed by atoms with Crippen LogP contribution in [-0.2, 0) is 14.8 Å². The Hall–Kier alpha value is -0.900. The van der Waals surface area contributed by atoms with E-state index >= 15 is 0 Å². The highest BCUT2D eigenvalue weighted by Crippen LogP contribution is 2.17. The third kappa shape index (κ3) is 7.70. The Morgan fingerprint density at radius 2 is 1.86 bits per heavy atom. The summed E-state index contributed by atoms with van der Waals surface area (Å²) in [5, 5.41) is 3.39. The molecule has 0 bridgehead atoms. The molecule has 2 rings (SSSR count). The van der Waals surface area contributed by atoms with Crippen LogP contribution in [0.15, 0.2) is 4.99 Å². The lowest BCUT2D eigenvalue weighted by atomic mass is 10.0. The molecule has 8 nitrogen and oxygen atoms in total. The van der Waals surface area contributed by atoms with Gasteiger partial charge in [0.2, 0.25) is 10.0 Å². The molecule has 170 valence electrons. The van der Waals surface area contributed by atoms with E-state index in [1.165, 1.54) is 25.8 Å². The molecule has 0 aromatic carbocycles. The van der Waals surface area contributed by atoms with E-state index < -0.39 is 10.0 Å². The standard InChI is InChI=1S/C20H41N5O3S/c1-5-21-20(22-17-19-9-7-8-10-23(19)6-2)24-11-13-25(14-12-24)29(26,27)16-15-28-18(3)4/h18-19H,5-17H2,1-4H3,(H,21,22). The van der Waals surface area contributed by atoms with Gasteiger partial charge in [0, 0.05) is 38.8 Å². The highest BCUT2D eigenvalue weighted by Gasteiger charge is 2.28. The molecule has 0 aliphatic carbocycles. The zero-order valence-corrected chi connectivity index (χ0v) is 19.6. The van der Waals surface area contributed by atoms with Crippen LogP contribution >= 0.6 is 0 Å². The molecule has 1 unspecified atom stereocenters. The number of likely N-dealkylation sites (N-methyl/N-ethyl adjacent to an activating group) is 1. The minimum atomic E-state index is -3.27. The maximum Gasteiger partial charge on any atom is 0.216 e. The number of nitrogens with zero attached hydrogens (tertiary/aromatic N) is 4. The highest BCUT2D eigenvalue weighted by atomic mass is 32.2. The molecule has 2 aliphatic heterocycles. The van der Waals surface area contributed by atoms with Crippen molar-refractivity contribution in [2.24, 2.45) is 4.99 Å². The largest absolute Gasteiger partial charge is 0.378 e. The van der Waals surface area contributed by atoms with Crippen molar-refractivity contribution in [3.05, 3.63) is 0 Å². The van der Waals surface area contributed by atoms with Crippen molar-refractivity contribution < 1.29 is 13.2 Å². The van der Waals surface area contributed by atoms with Gasteiger partial charge < -0.3 is 15.0 Å². The molecule has 0 aromatic rings. The molecule has 2 fully saturated rings. The van der Waals surface area contributed by atoms with Gasteiger partial charge in [0.1, 0.15) is 0 Å². The molecule has 2 saturated heterocycles. The van der Waals surface area contributed by atoms with Gasteiger partial charge in [-0.05, 0) is 46.7 Å². The van der Waals surface area contributed by atoms with Crippen molar-refractivity contribution in [3.63, 3.8) is 0 Å². The highest BCUT2D eigenvalue weighted by molar-refractivity contribution is 7.89. The number of aliphatic imine (C=N–C) groups is 1. The van der Waals surface area contributed by atoms with Gasteiger partial charge in [0.25, 0.3) is 0 Å². The lowest BCUT2D eigenvalue weighted by molar-refractivity contribution is 0.0904. The summed E-state index contributed by atoms with van der Waals surface area (Å²) in [7, 11) is -3.27. The first-order valence-electron chi connectivity index (χ1n) is 11.2. The number of nitrogens with one attached hydrogen (secondary N) is 1. The van der Waals surface area contributed by atoms with E-state index in [9.17, 15) is 8.42 Å². The fourth-order valence-corrected chi connectivity index (χ4v) is 5.28. The van der Waals surface area contributed by atoms with Gasteiger partial charge in [-0.15, -0.1) is 0 Å². The van der Waals surface area contributed by atoms with E-state index in [-0.39, 0.29) is 18.5 Å². The van der Waals surface area contributed by atoms with Crippen LogP contribution in [-0.4, -0.2) is 105 Å². The third-order valence-corrected chi connectivity index (χ3v) is 7.50. The molecular weight excluding hydrogens is 390 g/mol. The minimum absolute atomic E-state index is 0.0495. The van der Waals surface area contributed by atoms with Crippen molar-refractivity contribution in [1.29, 1.82) is 0 Å². The summed E-state index contributed by atoms with van der Waals surface area (Å²) in [6.45, 7) is 14.6. The third-order valence-electron chi connectivity index (χ3n) is 5.67. The summed E-state index contributed by atoms with van der Waals surface area (Å²) in [4.78, 5) is 9.64. The number of likely N-dealkylation sites (tertiary alicyclic amines) is 1. The minimum Gasteiger partial charge on any atom is -0.378 e. The molecule has 9 heteroatoms. The van der Waals surface area contributed by atoms with Gasteiger partial charge in [-0.25, -0.2) is 8.42 Å². The van der Waals surface area contributed by atoms with Crippen LogP contribution in [0.5, 0.6) is 0 Å². The number of hydrogen-bond donors (Lipinski definition) is 1. The predicted molar refractivity (Wildman–Crippen MR) is 119 cm³/mol. The summed E-state index contributed by atoms with van der Waals surface area (Å²) < 4.78 is 32.1. The van der Waals surface area contributed by atoms with E-state index in [2.05, 4.69) is 29.0 Å². The second-order valence-corrected chi connectivity index (χ2v) is 10.2. The van der Waals surface area contributed by atoms with Crippen molar-refractivity contribution in [3.8, 4) is 0 Å². The van der Waals surface area contributed by atoms with Crippen LogP contribution in [0.25, 0.3) is 0 Å². The topological polar surface area (TPSA) is 77.5 Å². The number of rotatable bonds is 9. The molecule has 2 aliphatic rings. The van der Waals surface area contributed by atoms with E-state index in [0.29, 0.717) is 32.2 Å². The average Bonchev–Trinajstić information content (AvgIpc) is 2.71. The van der Waals surface area contributed by atoms with Crippen molar-refractivity contribution >= 4 is 16.0 Å². The van der Waals surface area contributed by atoms with Crippen LogP contribution in [0.1, 0.15) is 47.0 Å². The molecule has 2 heterocycles. The summed E-state index contributed by atoms with van der Waals surface area (Å²) in [6.07, 6.45) is 3.83. The SMILES string of the molecule is CCNC(=NCC1CCCCN1CC)N1CCN(S(=O)(=O)CCOC(C)C)CC1. The molecular formula is C20H41N5O3S. The smallest absolute Gasteiger partial charge is 0.216 e. The fourth-order valence-electron chi connectivity index (χ4n) is 4.00. The summed E-state index contributed by atoms with van der Waals surface area (Å²) in [5.74, 6) is 0.961. The number of piperidine rings is 1. The van der Waals surface area contributed by atoms with E-state index in [1.807, 2.05) is 13.8 Å². The summed E-state index contributed by atoms with van der Waals surface area (Å²) >= 11 is 0. The van der Waals surface area contributed by atoms with Gasteiger partial charge in [0.05, 0.1) is 25.0 Å². The molecule has 0 spiro atoms. The second-order valence-electron chi connectivity index (χ2n) is 8.09. The molecule has 0 saturated carbocycles. The Morgan fingerprint density at radius 1 is 1.14 bits per heavy atom. The lowest BCUT2D eigenvalue weighted by Gasteiger charge is -2.37. The predicted octanol–water partition coefficient (Wildman–Crippen LogP) is 1.20. The number of hydrogen-bond acceptors (Lipinski definition) is 5. The molecule has 0 amide bonds. The average molecular weight is 432 g/mol. The van der Waals surface area contributed by atoms with E-state index in [0.717, 1.165) is 25.6 Å². The summed E-state index contributed by atoms with van der Waals surface area (Å²) in [5.41, 5.74) is 0. The molecule has 29 heavy (non-hydrogen) atoms. The molecule has 0 radical (unpaired) electrons. The van der Waals surface area contributed by atoms with Gasteiger partial charge in [0.15, 0.2) is 5.96 Å². The first kappa shape index (κ1) is 24.4. The van der Waals surface area contributed by atoms with Gasteiger partial charge in [-0.3, -0.25) is 9.89 Å². The monoisotopic (exact) mass is 431 g/mol. The first-order chi connectivity index (χ1) is 13.9. The molecule has 1 N–H and O–H groups in total. The fraction of sp³-hybridized carbons (Fsp3) is 0.950. The Labute approximate surface area is 177 Å². The summed E-state index contributed by atoms with van der Waals surface area (Å²) in [6, 6.07) is 0.519. The van der Waals surface area contributed by atoms with Crippen LogP contribution < -0.4 is 5.32 Å². The maximum absolute atomic E-state index is 12.5. The van der Waals surface area contributed by atoms with Crippen LogP contribution in [0.4, 0.5) is 0 Å². The van der Waals surface area contributed by atoms with Gasteiger partial charge >= 0.3 is 0 Å². The van der Waals surface area contributed by atoms with E-state index in [4.69, 9.17) is 9.73 Å².